The molecular formula is C13H11N3O4. The number of aromatic nitrogens is 2. The number of hydrogen-bond acceptors (Lipinski definition) is 4. The Morgan fingerprint density at radius 2 is 2.00 bits per heavy atom. The van der Waals surface area contributed by atoms with Crippen LogP contribution in [0, 0.1) is 10.1 Å². The van der Waals surface area contributed by atoms with E-state index in [9.17, 15) is 19.7 Å². The molecule has 20 heavy (non-hydrogen) atoms. The minimum absolute atomic E-state index is 0.150. The third-order valence-electron chi connectivity index (χ3n) is 2.81. The van der Waals surface area contributed by atoms with E-state index < -0.39 is 16.5 Å². The van der Waals surface area contributed by atoms with Crippen molar-refractivity contribution in [2.45, 2.75) is 6.92 Å². The molecule has 102 valence electrons. The molecule has 1 heterocycles. The smallest absolute Gasteiger partial charge is 0.269 e. The Hall–Kier alpha value is -2.96. The van der Waals surface area contributed by atoms with Crippen LogP contribution in [0.5, 0.6) is 0 Å². The van der Waals surface area contributed by atoms with Gasteiger partial charge in [0.25, 0.3) is 11.6 Å². The summed E-state index contributed by atoms with van der Waals surface area (Å²) in [5.74, 6) is -0.652. The number of carbonyl (C=O) groups is 1. The number of benzene rings is 1. The van der Waals surface area contributed by atoms with E-state index in [2.05, 4.69) is 13.2 Å². The van der Waals surface area contributed by atoms with Crippen molar-refractivity contribution < 1.29 is 9.72 Å². The minimum atomic E-state index is -0.652. The van der Waals surface area contributed by atoms with E-state index in [4.69, 9.17) is 0 Å². The van der Waals surface area contributed by atoms with Gasteiger partial charge >= 0.3 is 5.69 Å². The van der Waals surface area contributed by atoms with Crippen LogP contribution in [0.4, 0.5) is 5.69 Å². The van der Waals surface area contributed by atoms with Gasteiger partial charge in [-0.25, -0.2) is 9.36 Å². The number of hydrogen-bond donors (Lipinski definition) is 0. The summed E-state index contributed by atoms with van der Waals surface area (Å²) in [6.45, 7) is 8.59. The van der Waals surface area contributed by atoms with E-state index in [0.29, 0.717) is 11.2 Å². The second-order valence-electron chi connectivity index (χ2n) is 4.16. The zero-order valence-corrected chi connectivity index (χ0v) is 10.7. The average Bonchev–Trinajstić information content (AvgIpc) is 2.68. The molecule has 0 N–H and O–H groups in total. The molecule has 0 aliphatic rings. The third kappa shape index (κ3) is 1.85. The first-order valence-electron chi connectivity index (χ1n) is 5.63. The Bertz CT molecular complexity index is 826. The molecule has 0 atom stereocenters. The van der Waals surface area contributed by atoms with Gasteiger partial charge in [0.05, 0.1) is 16.0 Å². The van der Waals surface area contributed by atoms with E-state index >= 15 is 0 Å². The molecule has 0 radical (unpaired) electrons. The molecule has 7 heteroatoms. The molecule has 0 spiro atoms. The first-order chi connectivity index (χ1) is 9.38. The van der Waals surface area contributed by atoms with Crippen molar-refractivity contribution in [1.29, 1.82) is 0 Å². The summed E-state index contributed by atoms with van der Waals surface area (Å²) in [5.41, 5.74) is 0.102. The Kier molecular flexibility index (Phi) is 3.11. The Balaban J connectivity index is 2.99. The van der Waals surface area contributed by atoms with Crippen LogP contribution in [0.3, 0.4) is 0 Å². The summed E-state index contributed by atoms with van der Waals surface area (Å²) >= 11 is 0. The number of nitro groups is 1. The highest BCUT2D eigenvalue weighted by Crippen LogP contribution is 2.22. The lowest BCUT2D eigenvalue weighted by Crippen LogP contribution is -2.27. The number of rotatable bonds is 3. The molecule has 0 unspecified atom stereocenters. The van der Waals surface area contributed by atoms with Gasteiger partial charge in [-0.1, -0.05) is 13.2 Å². The summed E-state index contributed by atoms with van der Waals surface area (Å²) in [6, 6.07) is 3.86. The maximum Gasteiger partial charge on any atom is 0.340 e. The molecular weight excluding hydrogens is 262 g/mol. The molecule has 0 amide bonds. The zero-order chi connectivity index (χ0) is 15.0. The van der Waals surface area contributed by atoms with Crippen molar-refractivity contribution in [1.82, 2.24) is 9.13 Å². The van der Waals surface area contributed by atoms with Crippen LogP contribution in [0.2, 0.25) is 0 Å². The standard InChI is InChI=1S/C13H11N3O4/c1-4-12(17)15-11-7-9(16(19)20)5-6-10(11)14(8(2)3)13(15)18/h4-7H,1-2H2,3H3. The van der Waals surface area contributed by atoms with Crippen LogP contribution in [-0.2, 0) is 0 Å². The molecule has 0 saturated heterocycles. The summed E-state index contributed by atoms with van der Waals surface area (Å²) in [4.78, 5) is 34.3. The van der Waals surface area contributed by atoms with Crippen molar-refractivity contribution in [2.24, 2.45) is 0 Å². The van der Waals surface area contributed by atoms with Crippen molar-refractivity contribution >= 4 is 28.3 Å². The number of carbonyl (C=O) groups excluding carboxylic acids is 1. The number of allylic oxidation sites excluding steroid dienone is 2. The average molecular weight is 273 g/mol. The highest BCUT2D eigenvalue weighted by molar-refractivity contribution is 5.97. The maximum atomic E-state index is 12.2. The van der Waals surface area contributed by atoms with E-state index in [-0.39, 0.29) is 11.2 Å². The second-order valence-corrected chi connectivity index (χ2v) is 4.16. The van der Waals surface area contributed by atoms with Gasteiger partial charge in [-0.15, -0.1) is 0 Å². The van der Waals surface area contributed by atoms with Crippen LogP contribution in [-0.4, -0.2) is 20.0 Å². The van der Waals surface area contributed by atoms with Gasteiger partial charge in [0.15, 0.2) is 0 Å². The Morgan fingerprint density at radius 3 is 2.50 bits per heavy atom. The summed E-state index contributed by atoms with van der Waals surface area (Å²) in [7, 11) is 0. The lowest BCUT2D eigenvalue weighted by atomic mass is 10.2. The normalized spacial score (nSPS) is 10.4. The van der Waals surface area contributed by atoms with Crippen molar-refractivity contribution in [3.63, 3.8) is 0 Å². The van der Waals surface area contributed by atoms with Crippen molar-refractivity contribution in [3.8, 4) is 0 Å². The predicted octanol–water partition coefficient (Wildman–Crippen LogP) is 2.03. The molecule has 1 aromatic carbocycles. The molecule has 7 nitrogen and oxygen atoms in total. The fraction of sp³-hybridized carbons (Fsp3) is 0.0769. The van der Waals surface area contributed by atoms with E-state index in [1.165, 1.54) is 22.8 Å². The predicted molar refractivity (Wildman–Crippen MR) is 74.7 cm³/mol. The number of non-ortho nitro benzene ring substituents is 1. The van der Waals surface area contributed by atoms with Gasteiger partial charge in [-0.3, -0.25) is 19.5 Å². The van der Waals surface area contributed by atoms with Gasteiger partial charge in [0, 0.05) is 17.8 Å². The summed E-state index contributed by atoms with van der Waals surface area (Å²) in [6.07, 6.45) is 0.975. The van der Waals surface area contributed by atoms with Crippen LogP contribution >= 0.6 is 0 Å². The van der Waals surface area contributed by atoms with Gasteiger partial charge in [0.2, 0.25) is 0 Å². The third-order valence-corrected chi connectivity index (χ3v) is 2.81. The molecule has 0 bridgehead atoms. The van der Waals surface area contributed by atoms with E-state index in [1.807, 2.05) is 0 Å². The zero-order valence-electron chi connectivity index (χ0n) is 10.7. The largest absolute Gasteiger partial charge is 0.340 e. The Labute approximate surface area is 113 Å². The Morgan fingerprint density at radius 1 is 1.35 bits per heavy atom. The monoisotopic (exact) mass is 273 g/mol. The van der Waals surface area contributed by atoms with Crippen molar-refractivity contribution in [2.75, 3.05) is 0 Å². The van der Waals surface area contributed by atoms with Gasteiger partial charge < -0.3 is 0 Å². The molecule has 0 saturated carbocycles. The highest BCUT2D eigenvalue weighted by atomic mass is 16.6. The van der Waals surface area contributed by atoms with Crippen LogP contribution < -0.4 is 5.69 Å². The SMILES string of the molecule is C=CC(=O)n1c(=O)n(C(=C)C)c2ccc([N+](=O)[O-])cc21. The first kappa shape index (κ1) is 13.5. The van der Waals surface area contributed by atoms with Crippen LogP contribution in [0.25, 0.3) is 16.7 Å². The second kappa shape index (κ2) is 4.61. The fourth-order valence-electron chi connectivity index (χ4n) is 1.97. The van der Waals surface area contributed by atoms with Gasteiger partial charge in [-0.2, -0.15) is 0 Å². The number of nitrogens with zero attached hydrogens (tertiary/aromatic N) is 3. The fourth-order valence-corrected chi connectivity index (χ4v) is 1.97. The number of fused-ring (bicyclic) bond motifs is 1. The highest BCUT2D eigenvalue weighted by Gasteiger charge is 2.19. The maximum absolute atomic E-state index is 12.2. The summed E-state index contributed by atoms with van der Waals surface area (Å²) in [5, 5.41) is 10.8. The lowest BCUT2D eigenvalue weighted by Gasteiger charge is -1.99. The van der Waals surface area contributed by atoms with E-state index in [1.54, 1.807) is 6.92 Å². The molecule has 2 rings (SSSR count). The number of nitro benzene ring substituents is 1. The lowest BCUT2D eigenvalue weighted by molar-refractivity contribution is -0.384. The van der Waals surface area contributed by atoms with Gasteiger partial charge in [0.1, 0.15) is 0 Å². The van der Waals surface area contributed by atoms with Crippen molar-refractivity contribution in [3.05, 3.63) is 58.0 Å². The van der Waals surface area contributed by atoms with Crippen LogP contribution in [0.15, 0.2) is 42.2 Å². The summed E-state index contributed by atoms with van der Waals surface area (Å²) < 4.78 is 2.06. The molecule has 2 aromatic rings. The first-order valence-corrected chi connectivity index (χ1v) is 5.63. The minimum Gasteiger partial charge on any atom is -0.269 e. The molecule has 0 aliphatic heterocycles. The molecule has 0 fully saturated rings. The quantitative estimate of drug-likeness (QED) is 0.486. The molecule has 0 aliphatic carbocycles. The van der Waals surface area contributed by atoms with Gasteiger partial charge in [-0.05, 0) is 19.1 Å². The number of imidazole rings is 1. The topological polar surface area (TPSA) is 87.1 Å². The van der Waals surface area contributed by atoms with E-state index in [0.717, 1.165) is 10.6 Å². The van der Waals surface area contributed by atoms with Crippen LogP contribution in [0.1, 0.15) is 11.7 Å². The molecule has 1 aromatic heterocycles.